The van der Waals surface area contributed by atoms with Gasteiger partial charge in [-0.15, -0.1) is 0 Å². The molecule has 0 radical (unpaired) electrons. The van der Waals surface area contributed by atoms with Gasteiger partial charge in [0.15, 0.2) is 0 Å². The maximum absolute atomic E-state index is 13.5. The Balaban J connectivity index is 1.65. The Hall–Kier alpha value is -3.11. The van der Waals surface area contributed by atoms with Gasteiger partial charge in [0.05, 0.1) is 26.6 Å². The molecule has 0 amide bonds. The van der Waals surface area contributed by atoms with Crippen molar-refractivity contribution in [2.75, 3.05) is 20.2 Å². The third-order valence-corrected chi connectivity index (χ3v) is 6.45. The quantitative estimate of drug-likeness (QED) is 0.568. The lowest BCUT2D eigenvalue weighted by Gasteiger charge is -2.36. The monoisotopic (exact) mass is 430 g/mol. The molecular weight excluding hydrogens is 398 g/mol. The molecule has 4 nitrogen and oxygen atoms in total. The summed E-state index contributed by atoms with van der Waals surface area (Å²) in [6.45, 7) is 3.97. The van der Waals surface area contributed by atoms with Crippen molar-refractivity contribution in [1.29, 1.82) is 0 Å². The molecular formula is C28H32NO3+. The van der Waals surface area contributed by atoms with Gasteiger partial charge in [-0.05, 0) is 24.1 Å². The predicted octanol–water partition coefficient (Wildman–Crippen LogP) is 4.32. The molecule has 0 bridgehead atoms. The minimum absolute atomic E-state index is 0.137. The van der Waals surface area contributed by atoms with Gasteiger partial charge in [-0.1, -0.05) is 78.4 Å². The number of esters is 1. The van der Waals surface area contributed by atoms with Crippen LogP contribution in [-0.4, -0.2) is 26.2 Å². The molecule has 3 aromatic carbocycles. The van der Waals surface area contributed by atoms with Gasteiger partial charge in [0, 0.05) is 24.3 Å². The van der Waals surface area contributed by atoms with Crippen LogP contribution in [0.3, 0.4) is 0 Å². The van der Waals surface area contributed by atoms with Crippen molar-refractivity contribution in [3.63, 3.8) is 0 Å². The zero-order valence-corrected chi connectivity index (χ0v) is 18.9. The van der Waals surface area contributed by atoms with Gasteiger partial charge in [-0.3, -0.25) is 4.79 Å². The summed E-state index contributed by atoms with van der Waals surface area (Å²) in [4.78, 5) is 13.5. The van der Waals surface area contributed by atoms with Crippen LogP contribution in [0.15, 0.2) is 78.9 Å². The van der Waals surface area contributed by atoms with E-state index in [0.29, 0.717) is 0 Å². The molecule has 1 heterocycles. The highest BCUT2D eigenvalue weighted by molar-refractivity contribution is 5.72. The van der Waals surface area contributed by atoms with Gasteiger partial charge in [0.25, 0.3) is 0 Å². The number of hydrogen-bond donors (Lipinski definition) is 1. The van der Waals surface area contributed by atoms with Crippen LogP contribution in [0.5, 0.6) is 5.75 Å². The Kier molecular flexibility index (Phi) is 6.91. The average Bonchev–Trinajstić information content (AvgIpc) is 2.84. The van der Waals surface area contributed by atoms with Crippen LogP contribution in [0.4, 0.5) is 0 Å². The lowest BCUT2D eigenvalue weighted by molar-refractivity contribution is -0.668. The molecule has 1 saturated heterocycles. The predicted molar refractivity (Wildman–Crippen MR) is 126 cm³/mol. The minimum Gasteiger partial charge on any atom is -0.496 e. The molecule has 4 heteroatoms. The normalized spacial score (nSPS) is 16.2. The van der Waals surface area contributed by atoms with Gasteiger partial charge in [0.1, 0.15) is 11.4 Å². The molecule has 0 aliphatic carbocycles. The number of methoxy groups -OCH3 is 1. The summed E-state index contributed by atoms with van der Waals surface area (Å²) in [5, 5.41) is 2.29. The molecule has 1 aliphatic heterocycles. The number of ether oxygens (including phenoxy) is 2. The van der Waals surface area contributed by atoms with Crippen molar-refractivity contribution < 1.29 is 19.6 Å². The van der Waals surface area contributed by atoms with E-state index >= 15 is 0 Å². The first-order valence-electron chi connectivity index (χ1n) is 11.4. The Bertz CT molecular complexity index is 1030. The van der Waals surface area contributed by atoms with E-state index in [1.54, 1.807) is 7.11 Å². The second-order valence-electron chi connectivity index (χ2n) is 8.61. The molecule has 0 spiro atoms. The second-order valence-corrected chi connectivity index (χ2v) is 8.61. The molecule has 1 unspecified atom stereocenters. The SMILES string of the molecule is COc1ccc(C)cc1C(CC(=O)OC1(c2ccccc2)CC[NH2+]CC1)c1ccccc1. The van der Waals surface area contributed by atoms with Crippen LogP contribution < -0.4 is 10.1 Å². The van der Waals surface area contributed by atoms with Gasteiger partial charge in [-0.2, -0.15) is 0 Å². The Labute approximate surface area is 190 Å². The Morgan fingerprint density at radius 3 is 2.28 bits per heavy atom. The summed E-state index contributed by atoms with van der Waals surface area (Å²) in [6, 6.07) is 26.5. The maximum Gasteiger partial charge on any atom is 0.307 e. The summed E-state index contributed by atoms with van der Waals surface area (Å²) in [5.74, 6) is 0.483. The summed E-state index contributed by atoms with van der Waals surface area (Å²) in [6.07, 6.45) is 1.92. The van der Waals surface area contributed by atoms with Crippen molar-refractivity contribution in [3.8, 4) is 5.75 Å². The average molecular weight is 431 g/mol. The van der Waals surface area contributed by atoms with Crippen molar-refractivity contribution in [2.24, 2.45) is 0 Å². The lowest BCUT2D eigenvalue weighted by Crippen LogP contribution is -2.87. The summed E-state index contributed by atoms with van der Waals surface area (Å²) >= 11 is 0. The molecule has 0 aromatic heterocycles. The zero-order chi connectivity index (χ0) is 22.4. The molecule has 3 aromatic rings. The van der Waals surface area contributed by atoms with E-state index in [9.17, 15) is 4.79 Å². The fraction of sp³-hybridized carbons (Fsp3) is 0.321. The maximum atomic E-state index is 13.5. The number of aryl methyl sites for hydroxylation is 1. The smallest absolute Gasteiger partial charge is 0.307 e. The van der Waals surface area contributed by atoms with Crippen molar-refractivity contribution >= 4 is 5.97 Å². The molecule has 1 fully saturated rings. The first-order valence-corrected chi connectivity index (χ1v) is 11.4. The molecule has 4 rings (SSSR count). The topological polar surface area (TPSA) is 52.1 Å². The largest absolute Gasteiger partial charge is 0.496 e. The van der Waals surface area contributed by atoms with E-state index in [4.69, 9.17) is 9.47 Å². The van der Waals surface area contributed by atoms with E-state index in [1.165, 1.54) is 0 Å². The van der Waals surface area contributed by atoms with Gasteiger partial charge < -0.3 is 14.8 Å². The standard InChI is InChI=1S/C28H31NO3/c1-21-13-14-26(31-2)25(19-21)24(22-9-5-3-6-10-22)20-27(30)32-28(15-17-29-18-16-28)23-11-7-4-8-12-23/h3-14,19,24,29H,15-18,20H2,1-2H3/p+1. The summed E-state index contributed by atoms with van der Waals surface area (Å²) in [5.41, 5.74) is 3.77. The van der Waals surface area contributed by atoms with Crippen molar-refractivity contribution in [2.45, 2.75) is 37.7 Å². The van der Waals surface area contributed by atoms with Crippen molar-refractivity contribution in [1.82, 2.24) is 0 Å². The summed E-state index contributed by atoms with van der Waals surface area (Å²) < 4.78 is 12.0. The van der Waals surface area contributed by atoms with E-state index in [0.717, 1.165) is 53.9 Å². The number of nitrogens with two attached hydrogens (primary N) is 1. The zero-order valence-electron chi connectivity index (χ0n) is 18.9. The van der Waals surface area contributed by atoms with Crippen LogP contribution in [-0.2, 0) is 15.1 Å². The third kappa shape index (κ3) is 4.86. The second kappa shape index (κ2) is 10.0. The number of rotatable bonds is 7. The van der Waals surface area contributed by atoms with E-state index in [-0.39, 0.29) is 18.3 Å². The first kappa shape index (κ1) is 22.1. The highest BCUT2D eigenvalue weighted by Crippen LogP contribution is 2.38. The van der Waals surface area contributed by atoms with Crippen molar-refractivity contribution in [3.05, 3.63) is 101 Å². The minimum atomic E-state index is -0.551. The number of quaternary nitrogens is 1. The Morgan fingerprint density at radius 2 is 1.62 bits per heavy atom. The molecule has 0 saturated carbocycles. The Morgan fingerprint density at radius 1 is 0.969 bits per heavy atom. The van der Waals surface area contributed by atoms with Crippen LogP contribution in [0.2, 0.25) is 0 Å². The van der Waals surface area contributed by atoms with Gasteiger partial charge >= 0.3 is 5.97 Å². The highest BCUT2D eigenvalue weighted by Gasteiger charge is 2.40. The number of piperidine rings is 1. The fourth-order valence-corrected chi connectivity index (χ4v) is 4.78. The highest BCUT2D eigenvalue weighted by atomic mass is 16.6. The number of benzene rings is 3. The molecule has 1 aliphatic rings. The van der Waals surface area contributed by atoms with E-state index < -0.39 is 5.60 Å². The fourth-order valence-electron chi connectivity index (χ4n) is 4.78. The van der Waals surface area contributed by atoms with Gasteiger partial charge in [0.2, 0.25) is 0 Å². The number of carbonyl (C=O) groups is 1. The van der Waals surface area contributed by atoms with Crippen LogP contribution in [0.25, 0.3) is 0 Å². The molecule has 166 valence electrons. The summed E-state index contributed by atoms with van der Waals surface area (Å²) in [7, 11) is 1.68. The number of carbonyl (C=O) groups excluding carboxylic acids is 1. The number of hydrogen-bond acceptors (Lipinski definition) is 3. The molecule has 1 atom stereocenters. The van der Waals surface area contributed by atoms with E-state index in [1.807, 2.05) is 48.5 Å². The van der Waals surface area contributed by atoms with Crippen LogP contribution in [0, 0.1) is 6.92 Å². The van der Waals surface area contributed by atoms with Crippen LogP contribution in [0.1, 0.15) is 47.4 Å². The van der Waals surface area contributed by atoms with E-state index in [2.05, 4.69) is 42.6 Å². The molecule has 32 heavy (non-hydrogen) atoms. The van der Waals surface area contributed by atoms with Gasteiger partial charge in [-0.25, -0.2) is 0 Å². The first-order chi connectivity index (χ1) is 15.6. The lowest BCUT2D eigenvalue weighted by atomic mass is 9.84. The molecule has 2 N–H and O–H groups in total. The van der Waals surface area contributed by atoms with Crippen LogP contribution >= 0.6 is 0 Å². The third-order valence-electron chi connectivity index (χ3n) is 6.45.